The van der Waals surface area contributed by atoms with Crippen molar-refractivity contribution < 1.29 is 9.90 Å². The summed E-state index contributed by atoms with van der Waals surface area (Å²) in [6, 6.07) is 8.19. The fourth-order valence-corrected chi connectivity index (χ4v) is 1.90. The third kappa shape index (κ3) is 4.06. The average Bonchev–Trinajstić information content (AvgIpc) is 2.27. The van der Waals surface area contributed by atoms with Crippen LogP contribution in [0.5, 0.6) is 0 Å². The Bertz CT molecular complexity index is 390. The van der Waals surface area contributed by atoms with Gasteiger partial charge in [-0.1, -0.05) is 39.8 Å². The predicted octanol–water partition coefficient (Wildman–Crippen LogP) is 3.29. The lowest BCUT2D eigenvalue weighted by Crippen LogP contribution is -2.30. The lowest BCUT2D eigenvalue weighted by Gasteiger charge is -2.24. The molecule has 0 saturated carbocycles. The fraction of sp³-hybridized carbons (Fsp3) is 0.533. The molecule has 0 aliphatic rings. The van der Waals surface area contributed by atoms with E-state index in [2.05, 4.69) is 39.8 Å². The number of rotatable bonds is 5. The Morgan fingerprint density at radius 3 is 2.17 bits per heavy atom. The first-order chi connectivity index (χ1) is 8.34. The van der Waals surface area contributed by atoms with Gasteiger partial charge in [0, 0.05) is 12.2 Å². The molecule has 0 saturated heterocycles. The highest BCUT2D eigenvalue weighted by atomic mass is 16.4. The van der Waals surface area contributed by atoms with Gasteiger partial charge >= 0.3 is 5.97 Å². The van der Waals surface area contributed by atoms with Crippen molar-refractivity contribution in [2.24, 2.45) is 0 Å². The molecule has 100 valence electrons. The minimum absolute atomic E-state index is 0.0582. The van der Waals surface area contributed by atoms with Crippen molar-refractivity contribution in [1.29, 1.82) is 0 Å². The molecule has 1 aromatic carbocycles. The maximum Gasteiger partial charge on any atom is 0.323 e. The number of hydrogen-bond acceptors (Lipinski definition) is 2. The number of benzene rings is 1. The number of carboxylic acids is 1. The van der Waals surface area contributed by atoms with Gasteiger partial charge in [0.2, 0.25) is 0 Å². The second kappa shape index (κ2) is 5.89. The van der Waals surface area contributed by atoms with Crippen molar-refractivity contribution in [1.82, 2.24) is 0 Å². The quantitative estimate of drug-likeness (QED) is 0.870. The van der Waals surface area contributed by atoms with Crippen molar-refractivity contribution >= 4 is 11.7 Å². The topological polar surface area (TPSA) is 40.5 Å². The zero-order chi connectivity index (χ0) is 13.8. The highest BCUT2D eigenvalue weighted by molar-refractivity contribution is 5.73. The molecule has 0 aliphatic heterocycles. The van der Waals surface area contributed by atoms with E-state index in [1.807, 2.05) is 17.0 Å². The molecule has 3 heteroatoms. The summed E-state index contributed by atoms with van der Waals surface area (Å²) in [7, 11) is 0. The standard InChI is InChI=1S/C15H23NO2/c1-5-10-16(11-14(17)18)13-8-6-12(7-9-13)15(2,3)4/h6-9H,5,10-11H2,1-4H3,(H,17,18). The molecule has 1 aromatic rings. The van der Waals surface area contributed by atoms with Crippen LogP contribution in [0.15, 0.2) is 24.3 Å². The second-order valence-electron chi connectivity index (χ2n) is 5.61. The van der Waals surface area contributed by atoms with Gasteiger partial charge in [-0.2, -0.15) is 0 Å². The summed E-state index contributed by atoms with van der Waals surface area (Å²) in [5.41, 5.74) is 2.37. The largest absolute Gasteiger partial charge is 0.480 e. The van der Waals surface area contributed by atoms with E-state index in [9.17, 15) is 4.79 Å². The van der Waals surface area contributed by atoms with Crippen molar-refractivity contribution in [2.45, 2.75) is 39.5 Å². The minimum atomic E-state index is -0.789. The molecule has 3 nitrogen and oxygen atoms in total. The highest BCUT2D eigenvalue weighted by Crippen LogP contribution is 2.24. The van der Waals surface area contributed by atoms with E-state index in [0.29, 0.717) is 0 Å². The van der Waals surface area contributed by atoms with Crippen molar-refractivity contribution in [3.05, 3.63) is 29.8 Å². The highest BCUT2D eigenvalue weighted by Gasteiger charge is 2.14. The van der Waals surface area contributed by atoms with E-state index in [1.54, 1.807) is 0 Å². The van der Waals surface area contributed by atoms with Gasteiger partial charge in [0.1, 0.15) is 6.54 Å². The van der Waals surface area contributed by atoms with E-state index in [-0.39, 0.29) is 12.0 Å². The van der Waals surface area contributed by atoms with Gasteiger partial charge in [-0.15, -0.1) is 0 Å². The molecule has 0 unspecified atom stereocenters. The van der Waals surface area contributed by atoms with E-state index < -0.39 is 5.97 Å². The summed E-state index contributed by atoms with van der Waals surface area (Å²) < 4.78 is 0. The number of carboxylic acid groups (broad SMARTS) is 1. The molecule has 0 aliphatic carbocycles. The molecule has 0 bridgehead atoms. The molecule has 0 atom stereocenters. The van der Waals surface area contributed by atoms with Crippen LogP contribution in [0, 0.1) is 0 Å². The maximum atomic E-state index is 10.8. The Hall–Kier alpha value is -1.51. The van der Waals surface area contributed by atoms with Gasteiger partial charge in [0.05, 0.1) is 0 Å². The lowest BCUT2D eigenvalue weighted by atomic mass is 9.87. The predicted molar refractivity (Wildman–Crippen MR) is 75.3 cm³/mol. The van der Waals surface area contributed by atoms with Gasteiger partial charge in [-0.3, -0.25) is 4.79 Å². The van der Waals surface area contributed by atoms with Gasteiger partial charge in [0.25, 0.3) is 0 Å². The van der Waals surface area contributed by atoms with E-state index in [1.165, 1.54) is 5.56 Å². The van der Waals surface area contributed by atoms with Gasteiger partial charge in [-0.25, -0.2) is 0 Å². The summed E-state index contributed by atoms with van der Waals surface area (Å²) in [5.74, 6) is -0.789. The molecule has 0 spiro atoms. The van der Waals surface area contributed by atoms with Crippen molar-refractivity contribution in [2.75, 3.05) is 18.0 Å². The number of aliphatic carboxylic acids is 1. The first kappa shape index (κ1) is 14.6. The SMILES string of the molecule is CCCN(CC(=O)O)c1ccc(C(C)(C)C)cc1. The van der Waals surface area contributed by atoms with Crippen LogP contribution in [0.2, 0.25) is 0 Å². The average molecular weight is 249 g/mol. The van der Waals surface area contributed by atoms with Crippen LogP contribution in [0.1, 0.15) is 39.7 Å². The first-order valence-electron chi connectivity index (χ1n) is 6.42. The number of carbonyl (C=O) groups is 1. The first-order valence-corrected chi connectivity index (χ1v) is 6.42. The second-order valence-corrected chi connectivity index (χ2v) is 5.61. The normalized spacial score (nSPS) is 11.3. The molecule has 18 heavy (non-hydrogen) atoms. The molecule has 0 radical (unpaired) electrons. The fourth-order valence-electron chi connectivity index (χ4n) is 1.90. The summed E-state index contributed by atoms with van der Waals surface area (Å²) in [6.45, 7) is 9.39. The van der Waals surface area contributed by atoms with Crippen LogP contribution in [0.25, 0.3) is 0 Å². The maximum absolute atomic E-state index is 10.8. The monoisotopic (exact) mass is 249 g/mol. The molecular weight excluding hydrogens is 226 g/mol. The Labute approximate surface area is 109 Å². The van der Waals surface area contributed by atoms with Gasteiger partial charge < -0.3 is 10.0 Å². The van der Waals surface area contributed by atoms with Crippen LogP contribution in [-0.4, -0.2) is 24.2 Å². The smallest absolute Gasteiger partial charge is 0.323 e. The van der Waals surface area contributed by atoms with Crippen molar-refractivity contribution in [3.8, 4) is 0 Å². The third-order valence-corrected chi connectivity index (χ3v) is 2.92. The van der Waals surface area contributed by atoms with E-state index >= 15 is 0 Å². The Kier molecular flexibility index (Phi) is 4.76. The Morgan fingerprint density at radius 2 is 1.78 bits per heavy atom. The van der Waals surface area contributed by atoms with Crippen LogP contribution >= 0.6 is 0 Å². The van der Waals surface area contributed by atoms with E-state index in [4.69, 9.17) is 5.11 Å². The molecular formula is C15H23NO2. The van der Waals surface area contributed by atoms with Crippen LogP contribution in [-0.2, 0) is 10.2 Å². The summed E-state index contributed by atoms with van der Waals surface area (Å²) in [4.78, 5) is 12.7. The van der Waals surface area contributed by atoms with E-state index in [0.717, 1.165) is 18.7 Å². The molecule has 1 N–H and O–H groups in total. The molecule has 0 fully saturated rings. The minimum Gasteiger partial charge on any atom is -0.480 e. The molecule has 0 aromatic heterocycles. The van der Waals surface area contributed by atoms with Crippen LogP contribution in [0.4, 0.5) is 5.69 Å². The van der Waals surface area contributed by atoms with Crippen LogP contribution < -0.4 is 4.90 Å². The Balaban J connectivity index is 2.90. The number of hydrogen-bond donors (Lipinski definition) is 1. The van der Waals surface area contributed by atoms with Crippen molar-refractivity contribution in [3.63, 3.8) is 0 Å². The number of nitrogens with zero attached hydrogens (tertiary/aromatic N) is 1. The summed E-state index contributed by atoms with van der Waals surface area (Å²) in [5, 5.41) is 8.91. The zero-order valence-corrected chi connectivity index (χ0v) is 11.7. The summed E-state index contributed by atoms with van der Waals surface area (Å²) >= 11 is 0. The van der Waals surface area contributed by atoms with Gasteiger partial charge in [-0.05, 0) is 29.5 Å². The summed E-state index contributed by atoms with van der Waals surface area (Å²) in [6.07, 6.45) is 0.939. The molecule has 0 amide bonds. The van der Waals surface area contributed by atoms with Crippen LogP contribution in [0.3, 0.4) is 0 Å². The Morgan fingerprint density at radius 1 is 1.22 bits per heavy atom. The lowest BCUT2D eigenvalue weighted by molar-refractivity contribution is -0.135. The van der Waals surface area contributed by atoms with Gasteiger partial charge in [0.15, 0.2) is 0 Å². The molecule has 0 heterocycles. The zero-order valence-electron chi connectivity index (χ0n) is 11.7. The molecule has 1 rings (SSSR count). The third-order valence-electron chi connectivity index (χ3n) is 2.92. The number of anilines is 1.